The summed E-state index contributed by atoms with van der Waals surface area (Å²) in [5.74, 6) is 1.50. The van der Waals surface area contributed by atoms with Crippen molar-refractivity contribution in [3.63, 3.8) is 0 Å². The monoisotopic (exact) mass is 276 g/mol. The molecule has 7 heteroatoms. The molecule has 0 radical (unpaired) electrons. The second-order valence-electron chi connectivity index (χ2n) is 4.23. The Balaban J connectivity index is 2.03. The minimum atomic E-state index is 0.351. The summed E-state index contributed by atoms with van der Waals surface area (Å²) in [5.41, 5.74) is 7.54. The number of nitrogens with one attached hydrogen (secondary N) is 1. The van der Waals surface area contributed by atoms with Gasteiger partial charge in [-0.05, 0) is 18.6 Å². The lowest BCUT2D eigenvalue weighted by atomic mass is 10.1. The van der Waals surface area contributed by atoms with Crippen LogP contribution in [0, 0.1) is 6.92 Å². The van der Waals surface area contributed by atoms with Crippen molar-refractivity contribution in [1.82, 2.24) is 19.7 Å². The first kappa shape index (κ1) is 13.4. The molecule has 0 saturated carbocycles. The van der Waals surface area contributed by atoms with Crippen molar-refractivity contribution in [2.45, 2.75) is 13.3 Å². The maximum Gasteiger partial charge on any atom is 0.152 e. The molecule has 0 unspecified atom stereocenters. The van der Waals surface area contributed by atoms with Gasteiger partial charge in [0.05, 0.1) is 5.56 Å². The summed E-state index contributed by atoms with van der Waals surface area (Å²) in [6, 6.07) is 1.89. The zero-order valence-corrected chi connectivity index (χ0v) is 11.7. The molecule has 0 aliphatic heterocycles. The standard InChI is InChI=1S/C12H16N6S/c1-8-3-5-14-12(10(8)11(13)19)15-6-4-9-16-7-18(2)17-9/h3,5,7H,4,6H2,1-2H3,(H2,13,19)(H,14,15). The van der Waals surface area contributed by atoms with Gasteiger partial charge in [-0.3, -0.25) is 4.68 Å². The fraction of sp³-hybridized carbons (Fsp3) is 0.333. The Morgan fingerprint density at radius 3 is 2.89 bits per heavy atom. The average molecular weight is 276 g/mol. The molecule has 0 spiro atoms. The van der Waals surface area contributed by atoms with Crippen LogP contribution in [0.4, 0.5) is 5.82 Å². The first-order chi connectivity index (χ1) is 9.08. The van der Waals surface area contributed by atoms with Crippen molar-refractivity contribution in [3.8, 4) is 0 Å². The summed E-state index contributed by atoms with van der Waals surface area (Å²) in [4.78, 5) is 8.79. The van der Waals surface area contributed by atoms with Crippen molar-refractivity contribution in [2.24, 2.45) is 12.8 Å². The van der Waals surface area contributed by atoms with Gasteiger partial charge >= 0.3 is 0 Å². The molecule has 0 amide bonds. The topological polar surface area (TPSA) is 81.7 Å². The number of anilines is 1. The van der Waals surface area contributed by atoms with Crippen LogP contribution in [-0.4, -0.2) is 31.3 Å². The number of nitrogens with zero attached hydrogens (tertiary/aromatic N) is 4. The maximum atomic E-state index is 5.72. The number of nitrogens with two attached hydrogens (primary N) is 1. The Bertz CT molecular complexity index is 592. The number of thiocarbonyl (C=S) groups is 1. The van der Waals surface area contributed by atoms with E-state index in [1.54, 1.807) is 17.2 Å². The molecule has 2 heterocycles. The maximum absolute atomic E-state index is 5.72. The van der Waals surface area contributed by atoms with Crippen LogP contribution >= 0.6 is 12.2 Å². The molecule has 0 aliphatic rings. The third-order valence-electron chi connectivity index (χ3n) is 2.69. The van der Waals surface area contributed by atoms with Gasteiger partial charge in [0, 0.05) is 26.2 Å². The van der Waals surface area contributed by atoms with E-state index in [9.17, 15) is 0 Å². The van der Waals surface area contributed by atoms with Crippen LogP contribution in [0.15, 0.2) is 18.6 Å². The van der Waals surface area contributed by atoms with Crippen LogP contribution in [0.5, 0.6) is 0 Å². The van der Waals surface area contributed by atoms with Gasteiger partial charge in [-0.1, -0.05) is 12.2 Å². The van der Waals surface area contributed by atoms with E-state index in [1.165, 1.54) is 0 Å². The molecule has 19 heavy (non-hydrogen) atoms. The van der Waals surface area contributed by atoms with Crippen molar-refractivity contribution in [2.75, 3.05) is 11.9 Å². The Morgan fingerprint density at radius 1 is 1.47 bits per heavy atom. The van der Waals surface area contributed by atoms with E-state index in [0.29, 0.717) is 23.8 Å². The zero-order chi connectivity index (χ0) is 13.8. The van der Waals surface area contributed by atoms with E-state index in [0.717, 1.165) is 17.0 Å². The summed E-state index contributed by atoms with van der Waals surface area (Å²) >= 11 is 5.05. The lowest BCUT2D eigenvalue weighted by Gasteiger charge is -2.11. The first-order valence-electron chi connectivity index (χ1n) is 5.91. The molecule has 6 nitrogen and oxygen atoms in total. The zero-order valence-electron chi connectivity index (χ0n) is 10.9. The molecule has 2 rings (SSSR count). The smallest absolute Gasteiger partial charge is 0.152 e. The summed E-state index contributed by atoms with van der Waals surface area (Å²) < 4.78 is 1.68. The summed E-state index contributed by atoms with van der Waals surface area (Å²) in [6.45, 7) is 2.64. The van der Waals surface area contributed by atoms with Crippen LogP contribution in [0.1, 0.15) is 17.0 Å². The number of rotatable bonds is 5. The van der Waals surface area contributed by atoms with Gasteiger partial charge in [-0.2, -0.15) is 5.10 Å². The molecular weight excluding hydrogens is 260 g/mol. The Labute approximate surface area is 117 Å². The van der Waals surface area contributed by atoms with E-state index in [2.05, 4.69) is 20.4 Å². The van der Waals surface area contributed by atoms with E-state index in [1.807, 2.05) is 20.0 Å². The van der Waals surface area contributed by atoms with E-state index in [-0.39, 0.29) is 0 Å². The third kappa shape index (κ3) is 3.25. The number of aryl methyl sites for hydroxylation is 2. The molecule has 3 N–H and O–H groups in total. The molecule has 0 aliphatic carbocycles. The number of hydrogen-bond acceptors (Lipinski definition) is 5. The van der Waals surface area contributed by atoms with Crippen LogP contribution in [0.3, 0.4) is 0 Å². The Hall–Kier alpha value is -2.02. The normalized spacial score (nSPS) is 10.4. The second kappa shape index (κ2) is 5.75. The van der Waals surface area contributed by atoms with E-state index < -0.39 is 0 Å². The van der Waals surface area contributed by atoms with Crippen molar-refractivity contribution in [1.29, 1.82) is 0 Å². The number of pyridine rings is 1. The van der Waals surface area contributed by atoms with Gasteiger partial charge in [0.2, 0.25) is 0 Å². The van der Waals surface area contributed by atoms with Gasteiger partial charge in [0.25, 0.3) is 0 Å². The molecule has 0 fully saturated rings. The minimum absolute atomic E-state index is 0.351. The Kier molecular flexibility index (Phi) is 4.06. The predicted molar refractivity (Wildman–Crippen MR) is 78.1 cm³/mol. The van der Waals surface area contributed by atoms with E-state index in [4.69, 9.17) is 18.0 Å². The first-order valence-corrected chi connectivity index (χ1v) is 6.32. The van der Waals surface area contributed by atoms with Crippen LogP contribution < -0.4 is 11.1 Å². The van der Waals surface area contributed by atoms with Gasteiger partial charge in [-0.25, -0.2) is 9.97 Å². The third-order valence-corrected chi connectivity index (χ3v) is 2.90. The van der Waals surface area contributed by atoms with Crippen LogP contribution in [-0.2, 0) is 13.5 Å². The van der Waals surface area contributed by atoms with Gasteiger partial charge < -0.3 is 11.1 Å². The van der Waals surface area contributed by atoms with Crippen LogP contribution in [0.2, 0.25) is 0 Å². The average Bonchev–Trinajstić information content (AvgIpc) is 2.74. The quantitative estimate of drug-likeness (QED) is 0.786. The highest BCUT2D eigenvalue weighted by molar-refractivity contribution is 7.80. The number of aromatic nitrogens is 4. The highest BCUT2D eigenvalue weighted by Crippen LogP contribution is 2.16. The molecule has 0 atom stereocenters. The lowest BCUT2D eigenvalue weighted by Crippen LogP contribution is -2.17. The predicted octanol–water partition coefficient (Wildman–Crippen LogP) is 0.807. The fourth-order valence-electron chi connectivity index (χ4n) is 1.79. The fourth-order valence-corrected chi connectivity index (χ4v) is 2.05. The van der Waals surface area contributed by atoms with Gasteiger partial charge in [0.15, 0.2) is 5.82 Å². The summed E-state index contributed by atoms with van der Waals surface area (Å²) in [5, 5.41) is 7.44. The molecule has 100 valence electrons. The van der Waals surface area contributed by atoms with Crippen molar-refractivity contribution < 1.29 is 0 Å². The molecular formula is C12H16N6S. The Morgan fingerprint density at radius 2 is 2.26 bits per heavy atom. The molecule has 0 bridgehead atoms. The highest BCUT2D eigenvalue weighted by atomic mass is 32.1. The summed E-state index contributed by atoms with van der Waals surface area (Å²) in [7, 11) is 1.84. The highest BCUT2D eigenvalue weighted by Gasteiger charge is 2.09. The lowest BCUT2D eigenvalue weighted by molar-refractivity contribution is 0.741. The van der Waals surface area contributed by atoms with Crippen LogP contribution in [0.25, 0.3) is 0 Å². The molecule has 2 aromatic heterocycles. The molecule has 0 saturated heterocycles. The SMILES string of the molecule is Cc1ccnc(NCCc2ncn(C)n2)c1C(N)=S. The molecule has 0 aromatic carbocycles. The second-order valence-corrected chi connectivity index (χ2v) is 4.67. The summed E-state index contributed by atoms with van der Waals surface area (Å²) in [6.07, 6.45) is 4.13. The number of hydrogen-bond donors (Lipinski definition) is 2. The largest absolute Gasteiger partial charge is 0.389 e. The molecule has 2 aromatic rings. The minimum Gasteiger partial charge on any atom is -0.389 e. The van der Waals surface area contributed by atoms with E-state index >= 15 is 0 Å². The van der Waals surface area contributed by atoms with Gasteiger partial charge in [-0.15, -0.1) is 0 Å². The van der Waals surface area contributed by atoms with Crippen molar-refractivity contribution >= 4 is 23.0 Å². The van der Waals surface area contributed by atoms with Gasteiger partial charge in [0.1, 0.15) is 17.1 Å². The van der Waals surface area contributed by atoms with Crippen molar-refractivity contribution in [3.05, 3.63) is 35.5 Å².